The third-order valence-electron chi connectivity index (χ3n) is 3.84. The average molecular weight is 463 g/mol. The number of benzene rings is 2. The first-order chi connectivity index (χ1) is 13.8. The summed E-state index contributed by atoms with van der Waals surface area (Å²) in [6.45, 7) is 3.02. The van der Waals surface area contributed by atoms with Crippen LogP contribution in [0.2, 0.25) is 0 Å². The Bertz CT molecular complexity index is 1070. The van der Waals surface area contributed by atoms with E-state index in [9.17, 15) is 14.7 Å². The van der Waals surface area contributed by atoms with E-state index < -0.39 is 17.2 Å². The van der Waals surface area contributed by atoms with E-state index in [1.807, 2.05) is 0 Å². The standard InChI is InChI=1S/C21H19BrO7/c1-3-26-20(24)18-11-15(23)19-16(5-4-6-17(19)28-18)27-12-21(2,25)29-14-9-7-13(22)8-10-14/h4-11,25H,3,12H2,1-2H3. The fourth-order valence-electron chi connectivity index (χ4n) is 2.60. The van der Waals surface area contributed by atoms with Crippen LogP contribution in [0.15, 0.2) is 62.2 Å². The van der Waals surface area contributed by atoms with Gasteiger partial charge in [0.25, 0.3) is 0 Å². The summed E-state index contributed by atoms with van der Waals surface area (Å²) in [5, 5.41) is 10.6. The fourth-order valence-corrected chi connectivity index (χ4v) is 2.86. The Morgan fingerprint density at radius 1 is 1.21 bits per heavy atom. The maximum atomic E-state index is 12.5. The maximum Gasteiger partial charge on any atom is 0.374 e. The Balaban J connectivity index is 1.81. The minimum Gasteiger partial charge on any atom is -0.486 e. The normalized spacial score (nSPS) is 13.0. The van der Waals surface area contributed by atoms with E-state index in [1.54, 1.807) is 49.4 Å². The van der Waals surface area contributed by atoms with Crippen LogP contribution in [0.25, 0.3) is 11.0 Å². The highest BCUT2D eigenvalue weighted by Crippen LogP contribution is 2.26. The molecule has 3 aromatic rings. The van der Waals surface area contributed by atoms with Crippen LogP contribution in [0.4, 0.5) is 0 Å². The van der Waals surface area contributed by atoms with E-state index in [2.05, 4.69) is 15.9 Å². The Morgan fingerprint density at radius 2 is 1.93 bits per heavy atom. The molecule has 1 N–H and O–H groups in total. The highest BCUT2D eigenvalue weighted by molar-refractivity contribution is 9.10. The predicted molar refractivity (Wildman–Crippen MR) is 109 cm³/mol. The molecular formula is C21H19BrO7. The Hall–Kier alpha value is -2.84. The second-order valence-electron chi connectivity index (χ2n) is 6.34. The van der Waals surface area contributed by atoms with Crippen LogP contribution < -0.4 is 14.9 Å². The number of halogens is 1. The van der Waals surface area contributed by atoms with Gasteiger partial charge in [-0.1, -0.05) is 22.0 Å². The molecule has 29 heavy (non-hydrogen) atoms. The van der Waals surface area contributed by atoms with Crippen molar-refractivity contribution in [2.24, 2.45) is 0 Å². The van der Waals surface area contributed by atoms with Gasteiger partial charge in [-0.3, -0.25) is 4.79 Å². The van der Waals surface area contributed by atoms with E-state index in [1.165, 1.54) is 6.92 Å². The first kappa shape index (κ1) is 20.9. The quantitative estimate of drug-likeness (QED) is 0.420. The minimum atomic E-state index is -1.65. The summed E-state index contributed by atoms with van der Waals surface area (Å²) in [5.41, 5.74) is -0.287. The zero-order valence-corrected chi connectivity index (χ0v) is 17.4. The number of fused-ring (bicyclic) bond motifs is 1. The highest BCUT2D eigenvalue weighted by atomic mass is 79.9. The lowest BCUT2D eigenvalue weighted by Gasteiger charge is -2.25. The summed E-state index contributed by atoms with van der Waals surface area (Å²) >= 11 is 3.33. The van der Waals surface area contributed by atoms with Crippen LogP contribution in [-0.2, 0) is 4.74 Å². The van der Waals surface area contributed by atoms with Crippen LogP contribution in [0.1, 0.15) is 24.4 Å². The lowest BCUT2D eigenvalue weighted by molar-refractivity contribution is -0.144. The van der Waals surface area contributed by atoms with E-state index >= 15 is 0 Å². The Kier molecular flexibility index (Phi) is 6.24. The van der Waals surface area contributed by atoms with Gasteiger partial charge in [-0.15, -0.1) is 0 Å². The Morgan fingerprint density at radius 3 is 2.62 bits per heavy atom. The number of carbonyl (C=O) groups is 1. The highest BCUT2D eigenvalue weighted by Gasteiger charge is 2.25. The molecule has 1 unspecified atom stereocenters. The van der Waals surface area contributed by atoms with Crippen LogP contribution in [0, 0.1) is 0 Å². The number of carbonyl (C=O) groups excluding carboxylic acids is 1. The molecule has 0 amide bonds. The van der Waals surface area contributed by atoms with Gasteiger partial charge in [0.15, 0.2) is 12.0 Å². The molecule has 0 aliphatic rings. The number of aliphatic hydroxyl groups is 1. The molecule has 1 atom stereocenters. The van der Waals surface area contributed by atoms with Crippen LogP contribution in [0.5, 0.6) is 11.5 Å². The number of esters is 1. The molecule has 0 aliphatic carbocycles. The van der Waals surface area contributed by atoms with Gasteiger partial charge in [0, 0.05) is 17.5 Å². The van der Waals surface area contributed by atoms with Crippen molar-refractivity contribution >= 4 is 32.9 Å². The van der Waals surface area contributed by atoms with Gasteiger partial charge in [-0.05, 0) is 43.3 Å². The lowest BCUT2D eigenvalue weighted by atomic mass is 10.2. The van der Waals surface area contributed by atoms with Gasteiger partial charge in [0.05, 0.1) is 6.61 Å². The van der Waals surface area contributed by atoms with Crippen molar-refractivity contribution in [1.82, 2.24) is 0 Å². The molecule has 7 nitrogen and oxygen atoms in total. The summed E-state index contributed by atoms with van der Waals surface area (Å²) in [6.07, 6.45) is 0. The van der Waals surface area contributed by atoms with E-state index in [-0.39, 0.29) is 35.7 Å². The van der Waals surface area contributed by atoms with Gasteiger partial charge >= 0.3 is 5.97 Å². The maximum absolute atomic E-state index is 12.5. The Labute approximate surface area is 174 Å². The largest absolute Gasteiger partial charge is 0.486 e. The third kappa shape index (κ3) is 5.16. The van der Waals surface area contributed by atoms with Crippen molar-refractivity contribution in [2.45, 2.75) is 19.6 Å². The molecule has 1 aromatic heterocycles. The smallest absolute Gasteiger partial charge is 0.374 e. The lowest BCUT2D eigenvalue weighted by Crippen LogP contribution is -2.38. The number of hydrogen-bond acceptors (Lipinski definition) is 7. The molecule has 0 bridgehead atoms. The van der Waals surface area contributed by atoms with Crippen LogP contribution in [0.3, 0.4) is 0 Å². The van der Waals surface area contributed by atoms with Crippen molar-refractivity contribution in [2.75, 3.05) is 13.2 Å². The molecule has 0 saturated carbocycles. The van der Waals surface area contributed by atoms with Crippen molar-refractivity contribution in [3.63, 3.8) is 0 Å². The van der Waals surface area contributed by atoms with E-state index in [4.69, 9.17) is 18.6 Å². The van der Waals surface area contributed by atoms with Gasteiger partial charge < -0.3 is 23.7 Å². The summed E-state index contributed by atoms with van der Waals surface area (Å²) < 4.78 is 22.4. The number of hydrogen-bond donors (Lipinski definition) is 1. The molecule has 152 valence electrons. The van der Waals surface area contributed by atoms with Crippen molar-refractivity contribution in [1.29, 1.82) is 0 Å². The van der Waals surface area contributed by atoms with Crippen LogP contribution >= 0.6 is 15.9 Å². The third-order valence-corrected chi connectivity index (χ3v) is 4.37. The first-order valence-electron chi connectivity index (χ1n) is 8.83. The van der Waals surface area contributed by atoms with Crippen molar-refractivity contribution < 1.29 is 28.5 Å². The average Bonchev–Trinajstić information content (AvgIpc) is 2.68. The molecule has 0 aliphatic heterocycles. The summed E-state index contributed by atoms with van der Waals surface area (Å²) in [6, 6.07) is 12.7. The molecular weight excluding hydrogens is 444 g/mol. The fraction of sp³-hybridized carbons (Fsp3) is 0.238. The second-order valence-corrected chi connectivity index (χ2v) is 7.26. The summed E-state index contributed by atoms with van der Waals surface area (Å²) in [5.74, 6) is -1.90. The predicted octanol–water partition coefficient (Wildman–Crippen LogP) is 3.90. The van der Waals surface area contributed by atoms with Gasteiger partial charge in [0.1, 0.15) is 22.5 Å². The molecule has 1 heterocycles. The monoisotopic (exact) mass is 462 g/mol. The number of ether oxygens (including phenoxy) is 3. The second kappa shape index (κ2) is 8.67. The van der Waals surface area contributed by atoms with E-state index in [0.29, 0.717) is 5.75 Å². The minimum absolute atomic E-state index is 0.153. The topological polar surface area (TPSA) is 95.2 Å². The zero-order valence-electron chi connectivity index (χ0n) is 15.8. The molecule has 0 saturated heterocycles. The molecule has 0 fully saturated rings. The zero-order chi connectivity index (χ0) is 21.0. The SMILES string of the molecule is CCOC(=O)c1cc(=O)c2c(OCC(C)(O)Oc3ccc(Br)cc3)cccc2o1. The summed E-state index contributed by atoms with van der Waals surface area (Å²) in [4.78, 5) is 24.4. The molecule has 3 rings (SSSR count). The van der Waals surface area contributed by atoms with Crippen molar-refractivity contribution in [3.05, 3.63) is 69.0 Å². The van der Waals surface area contributed by atoms with Gasteiger partial charge in [-0.2, -0.15) is 0 Å². The molecule has 8 heteroatoms. The van der Waals surface area contributed by atoms with E-state index in [0.717, 1.165) is 10.5 Å². The van der Waals surface area contributed by atoms with Gasteiger partial charge in [0.2, 0.25) is 11.5 Å². The molecule has 0 radical (unpaired) electrons. The van der Waals surface area contributed by atoms with Crippen LogP contribution in [-0.4, -0.2) is 30.1 Å². The summed E-state index contributed by atoms with van der Waals surface area (Å²) in [7, 11) is 0. The number of rotatable bonds is 7. The first-order valence-corrected chi connectivity index (χ1v) is 9.62. The molecule has 2 aromatic carbocycles. The van der Waals surface area contributed by atoms with Crippen molar-refractivity contribution in [3.8, 4) is 11.5 Å². The van der Waals surface area contributed by atoms with Gasteiger partial charge in [-0.25, -0.2) is 4.79 Å². The molecule has 0 spiro atoms.